The second-order valence-electron chi connectivity index (χ2n) is 13.9. The van der Waals surface area contributed by atoms with E-state index >= 15 is 0 Å². The number of ketones is 1. The number of Topliss-reactive ketones (excluding diaryl/α,β-unsaturated/α-hetero) is 1. The molecule has 23 heteroatoms. The monoisotopic (exact) mass is 804 g/mol. The van der Waals surface area contributed by atoms with Crippen LogP contribution in [0, 0.1) is 11.8 Å². The van der Waals surface area contributed by atoms with Gasteiger partial charge < -0.3 is 61.0 Å². The number of hydrogen-bond acceptors (Lipinski definition) is 12. The first-order valence-electron chi connectivity index (χ1n) is 18.0. The lowest BCUT2D eigenvalue weighted by Gasteiger charge is -2.26. The molecule has 3 unspecified atom stereocenters. The Bertz CT molecular complexity index is 1360. The van der Waals surface area contributed by atoms with Crippen LogP contribution < -0.4 is 61.0 Å². The van der Waals surface area contributed by atoms with Crippen molar-refractivity contribution in [3.05, 3.63) is 0 Å². The molecule has 0 heterocycles. The SMILES string of the molecule is CC(C)C[C@H](N)C(=O)NCC(=O)C(NC(=O)[C@H](C)NC(=O)[C@H](CCCN=C(N)N)NC(=O)[C@H](CCCN=C(N)N)NC(=O)[C@@H](N)CC(C)C)C(C)O[P+](=O)O. The lowest BCUT2D eigenvalue weighted by atomic mass is 10.0. The first-order chi connectivity index (χ1) is 25.5. The number of amides is 5. The first kappa shape index (κ1) is 50.5. The van der Waals surface area contributed by atoms with Gasteiger partial charge in [-0.1, -0.05) is 27.7 Å². The summed E-state index contributed by atoms with van der Waals surface area (Å²) in [7, 11) is -3.20. The predicted octanol–water partition coefficient (Wildman–Crippen LogP) is -3.46. The normalized spacial score (nSPS) is 15.2. The molecule has 18 N–H and O–H groups in total. The predicted molar refractivity (Wildman–Crippen MR) is 206 cm³/mol. The molecule has 0 aliphatic heterocycles. The molecule has 8 atom stereocenters. The number of guanidine groups is 2. The molecule has 0 radical (unpaired) electrons. The Labute approximate surface area is 322 Å². The number of aliphatic imine (C=N–C) groups is 2. The minimum absolute atomic E-state index is 0.0155. The summed E-state index contributed by atoms with van der Waals surface area (Å²) in [6.07, 6.45) is -0.116. The summed E-state index contributed by atoms with van der Waals surface area (Å²) in [4.78, 5) is 96.0. The van der Waals surface area contributed by atoms with Gasteiger partial charge in [0.1, 0.15) is 30.3 Å². The van der Waals surface area contributed by atoms with E-state index < -0.39 is 92.5 Å². The minimum atomic E-state index is -3.20. The molecule has 22 nitrogen and oxygen atoms in total. The molecule has 0 bridgehead atoms. The van der Waals surface area contributed by atoms with Gasteiger partial charge in [-0.15, -0.1) is 9.42 Å². The van der Waals surface area contributed by atoms with Crippen LogP contribution in [0.3, 0.4) is 0 Å². The Kier molecular flexibility index (Phi) is 24.2. The van der Waals surface area contributed by atoms with Crippen LogP contribution in [-0.4, -0.2) is 114 Å². The Hall–Kier alpha value is -4.50. The molecule has 0 saturated carbocycles. The van der Waals surface area contributed by atoms with Crippen molar-refractivity contribution in [3.63, 3.8) is 0 Å². The van der Waals surface area contributed by atoms with Crippen LogP contribution in [0.5, 0.6) is 0 Å². The number of rotatable bonds is 27. The quantitative estimate of drug-likeness (QED) is 0.0166. The number of nitrogens with two attached hydrogens (primary N) is 6. The van der Waals surface area contributed by atoms with Gasteiger partial charge in [-0.3, -0.25) is 38.8 Å². The van der Waals surface area contributed by atoms with Gasteiger partial charge in [0.15, 0.2) is 17.7 Å². The van der Waals surface area contributed by atoms with Crippen LogP contribution in [0.25, 0.3) is 0 Å². The zero-order chi connectivity index (χ0) is 42.4. The van der Waals surface area contributed by atoms with Crippen LogP contribution in [0.2, 0.25) is 0 Å². The fourth-order valence-electron chi connectivity index (χ4n) is 5.06. The summed E-state index contributed by atoms with van der Waals surface area (Å²) < 4.78 is 16.3. The smallest absolute Gasteiger partial charge is 0.370 e. The first-order valence-corrected chi connectivity index (χ1v) is 19.1. The van der Waals surface area contributed by atoms with Gasteiger partial charge in [-0.05, 0) is 64.2 Å². The van der Waals surface area contributed by atoms with Crippen molar-refractivity contribution in [1.82, 2.24) is 26.6 Å². The molecular weight excluding hydrogens is 741 g/mol. The van der Waals surface area contributed by atoms with Crippen molar-refractivity contribution in [1.29, 1.82) is 0 Å². The standard InChI is InChI=1S/C32H62N13O9P/c1-16(2)13-20(33)27(48)41-15-24(46)25(19(6)54-55(52)53)45-26(47)18(5)42-29(50)22(9-7-11-39-31(35)36)44-30(51)23(10-8-12-40-32(37)38)43-28(49)21(34)14-17(3)4/h16-23,25H,7-15,33-34H2,1-6H3,(H13-,35,36,37,38,39,40,41,42,43,44,45,47,48,49,50,51,52,53)/p+1/t18-,19?,20-,21-,22-,23-,25?/m0/s1. The maximum Gasteiger partial charge on any atom is 0.695 e. The summed E-state index contributed by atoms with van der Waals surface area (Å²) in [6, 6.07) is -7.12. The van der Waals surface area contributed by atoms with E-state index in [9.17, 15) is 38.2 Å². The van der Waals surface area contributed by atoms with Gasteiger partial charge in [0.2, 0.25) is 29.5 Å². The summed E-state index contributed by atoms with van der Waals surface area (Å²) in [5, 5.41) is 12.5. The van der Waals surface area contributed by atoms with Crippen LogP contribution in [0.4, 0.5) is 0 Å². The average Bonchev–Trinajstić information content (AvgIpc) is 3.06. The molecule has 0 fully saturated rings. The third-order valence-corrected chi connectivity index (χ3v) is 8.35. The second kappa shape index (κ2) is 26.3. The van der Waals surface area contributed by atoms with E-state index in [4.69, 9.17) is 38.9 Å². The molecule has 5 amide bonds. The fourth-order valence-corrected chi connectivity index (χ4v) is 5.47. The van der Waals surface area contributed by atoms with Crippen molar-refractivity contribution >= 4 is 55.5 Å². The molecule has 0 aliphatic rings. The Balaban J connectivity index is 6.11. The van der Waals surface area contributed by atoms with E-state index in [1.54, 1.807) is 0 Å². The van der Waals surface area contributed by atoms with Crippen LogP contribution in [-0.2, 0) is 37.9 Å². The maximum absolute atomic E-state index is 13.6. The maximum atomic E-state index is 13.6. The van der Waals surface area contributed by atoms with Gasteiger partial charge in [0.05, 0.1) is 18.6 Å². The van der Waals surface area contributed by atoms with E-state index in [2.05, 4.69) is 36.6 Å². The lowest BCUT2D eigenvalue weighted by molar-refractivity contribution is -0.135. The molecule has 0 aromatic rings. The number of hydrogen-bond donors (Lipinski definition) is 12. The zero-order valence-electron chi connectivity index (χ0n) is 32.6. The molecular formula is C32H63N13O9P+. The highest BCUT2D eigenvalue weighted by atomic mass is 31.1. The molecule has 0 rings (SSSR count). The Morgan fingerprint density at radius 2 is 1.09 bits per heavy atom. The molecule has 0 aromatic carbocycles. The highest BCUT2D eigenvalue weighted by Crippen LogP contribution is 2.20. The van der Waals surface area contributed by atoms with E-state index in [1.807, 2.05) is 27.7 Å². The summed E-state index contributed by atoms with van der Waals surface area (Å²) >= 11 is 0. The molecule has 0 spiro atoms. The van der Waals surface area contributed by atoms with E-state index in [0.717, 1.165) is 0 Å². The van der Waals surface area contributed by atoms with Crippen LogP contribution in [0.15, 0.2) is 9.98 Å². The van der Waals surface area contributed by atoms with Crippen LogP contribution >= 0.6 is 8.25 Å². The highest BCUT2D eigenvalue weighted by Gasteiger charge is 2.36. The van der Waals surface area contributed by atoms with Gasteiger partial charge in [-0.25, -0.2) is 0 Å². The minimum Gasteiger partial charge on any atom is -0.370 e. The highest BCUT2D eigenvalue weighted by molar-refractivity contribution is 7.32. The van der Waals surface area contributed by atoms with Crippen molar-refractivity contribution in [2.75, 3.05) is 19.6 Å². The van der Waals surface area contributed by atoms with E-state index in [1.165, 1.54) is 13.8 Å². The Morgan fingerprint density at radius 3 is 1.53 bits per heavy atom. The van der Waals surface area contributed by atoms with Gasteiger partial charge >= 0.3 is 8.25 Å². The number of carbonyl (C=O) groups excluding carboxylic acids is 6. The fraction of sp³-hybridized carbons (Fsp3) is 0.750. The Morgan fingerprint density at radius 1 is 0.655 bits per heavy atom. The molecule has 55 heavy (non-hydrogen) atoms. The largest absolute Gasteiger partial charge is 0.695 e. The zero-order valence-corrected chi connectivity index (χ0v) is 33.5. The third kappa shape index (κ3) is 22.5. The molecule has 314 valence electrons. The van der Waals surface area contributed by atoms with Crippen molar-refractivity contribution in [2.24, 2.45) is 56.2 Å². The van der Waals surface area contributed by atoms with E-state index in [0.29, 0.717) is 12.8 Å². The van der Waals surface area contributed by atoms with Gasteiger partial charge in [0, 0.05) is 17.7 Å². The number of nitrogens with one attached hydrogen (secondary N) is 5. The van der Waals surface area contributed by atoms with Gasteiger partial charge in [-0.2, -0.15) is 0 Å². The van der Waals surface area contributed by atoms with Crippen molar-refractivity contribution in [2.45, 2.75) is 122 Å². The second-order valence-corrected chi connectivity index (χ2v) is 14.6. The summed E-state index contributed by atoms with van der Waals surface area (Å²) in [5.74, 6) is -4.60. The molecule has 0 aliphatic carbocycles. The molecule has 0 saturated heterocycles. The third-order valence-electron chi connectivity index (χ3n) is 7.84. The van der Waals surface area contributed by atoms with Crippen molar-refractivity contribution in [3.8, 4) is 0 Å². The van der Waals surface area contributed by atoms with Crippen molar-refractivity contribution < 1.29 is 42.7 Å². The summed E-state index contributed by atoms with van der Waals surface area (Å²) in [6.45, 7) is 9.69. The molecule has 0 aromatic heterocycles. The number of nitrogens with zero attached hydrogens (tertiary/aromatic N) is 2. The van der Waals surface area contributed by atoms with Crippen LogP contribution in [0.1, 0.15) is 80.1 Å². The van der Waals surface area contributed by atoms with E-state index in [-0.39, 0.29) is 62.5 Å². The van der Waals surface area contributed by atoms with Gasteiger partial charge in [0.25, 0.3) is 0 Å². The number of carbonyl (C=O) groups is 6. The topological polar surface area (TPSA) is 390 Å². The lowest BCUT2D eigenvalue weighted by Crippen LogP contribution is -2.59. The average molecular weight is 805 g/mol. The summed E-state index contributed by atoms with van der Waals surface area (Å²) in [5.41, 5.74) is 33.5.